The summed E-state index contributed by atoms with van der Waals surface area (Å²) in [6.07, 6.45) is -4.45. The summed E-state index contributed by atoms with van der Waals surface area (Å²) in [6.45, 7) is -1.71. The van der Waals surface area contributed by atoms with E-state index in [4.69, 9.17) is 11.6 Å². The maximum atomic E-state index is 14.4. The zero-order valence-electron chi connectivity index (χ0n) is 18.0. The molecular weight excluding hydrogens is 492 g/mol. The van der Waals surface area contributed by atoms with E-state index in [1.807, 2.05) is 0 Å². The fourth-order valence-electron chi connectivity index (χ4n) is 3.61. The number of benzene rings is 2. The number of hydrogen-bond donors (Lipinski definition) is 2. The van der Waals surface area contributed by atoms with Gasteiger partial charge in [0.05, 0.1) is 23.9 Å². The first-order chi connectivity index (χ1) is 16.6. The van der Waals surface area contributed by atoms with Crippen molar-refractivity contribution in [1.82, 2.24) is 15.1 Å². The van der Waals surface area contributed by atoms with Crippen LogP contribution in [0.2, 0.25) is 5.02 Å². The second-order valence-corrected chi connectivity index (χ2v) is 8.39. The standard InChI is InChI=1S/C23H19ClF4N4O3/c24-16-1-3-18(4-2-16)32-19(9-20(31-32)30-22(34)15-8-21(33)29-10-15)14-5-13(6-17(25)7-14)11-35-12-23(26,27)28/h1-7,9,15H,8,10-12H2,(H,29,33)(H,30,31,34)/t15-/m0/s1. The lowest BCUT2D eigenvalue weighted by molar-refractivity contribution is -0.176. The Kier molecular flexibility index (Phi) is 7.08. The molecule has 0 bridgehead atoms. The number of nitrogens with zero attached hydrogens (tertiary/aromatic N) is 2. The highest BCUT2D eigenvalue weighted by Gasteiger charge is 2.29. The van der Waals surface area contributed by atoms with Gasteiger partial charge in [0, 0.05) is 29.6 Å². The Morgan fingerprint density at radius 1 is 1.20 bits per heavy atom. The summed E-state index contributed by atoms with van der Waals surface area (Å²) < 4.78 is 57.7. The number of nitrogens with one attached hydrogen (secondary N) is 2. The average Bonchev–Trinajstić information content (AvgIpc) is 3.39. The second kappa shape index (κ2) is 10.0. The molecule has 0 radical (unpaired) electrons. The molecule has 1 fully saturated rings. The van der Waals surface area contributed by atoms with Gasteiger partial charge in [0.25, 0.3) is 0 Å². The van der Waals surface area contributed by atoms with Crippen LogP contribution >= 0.6 is 11.6 Å². The SMILES string of the molecule is O=C1C[C@H](C(=O)Nc2cc(-c3cc(F)cc(COCC(F)(F)F)c3)n(-c3ccc(Cl)cc3)n2)CN1. The smallest absolute Gasteiger partial charge is 0.367 e. The molecule has 12 heteroatoms. The van der Waals surface area contributed by atoms with Crippen molar-refractivity contribution in [3.05, 3.63) is 64.9 Å². The molecule has 2 aromatic carbocycles. The molecule has 1 aliphatic heterocycles. The number of hydrogen-bond acceptors (Lipinski definition) is 4. The van der Waals surface area contributed by atoms with Crippen LogP contribution in [0, 0.1) is 11.7 Å². The normalized spacial score (nSPS) is 15.8. The Morgan fingerprint density at radius 3 is 2.60 bits per heavy atom. The first kappa shape index (κ1) is 24.7. The molecule has 0 aliphatic carbocycles. The van der Waals surface area contributed by atoms with E-state index in [0.29, 0.717) is 22.0 Å². The van der Waals surface area contributed by atoms with Crippen molar-refractivity contribution in [2.45, 2.75) is 19.2 Å². The Morgan fingerprint density at radius 2 is 1.94 bits per heavy atom. The molecule has 0 saturated carbocycles. The topological polar surface area (TPSA) is 85.2 Å². The number of carbonyl (C=O) groups excluding carboxylic acids is 2. The van der Waals surface area contributed by atoms with E-state index in [1.165, 1.54) is 22.9 Å². The van der Waals surface area contributed by atoms with Gasteiger partial charge >= 0.3 is 6.18 Å². The summed E-state index contributed by atoms with van der Waals surface area (Å²) in [4.78, 5) is 24.0. The van der Waals surface area contributed by atoms with Crippen molar-refractivity contribution in [2.24, 2.45) is 5.92 Å². The molecule has 1 atom stereocenters. The number of carbonyl (C=O) groups is 2. The number of rotatable bonds is 7. The minimum absolute atomic E-state index is 0.0573. The van der Waals surface area contributed by atoms with Crippen LogP contribution in [0.25, 0.3) is 16.9 Å². The summed E-state index contributed by atoms with van der Waals surface area (Å²) in [5.41, 5.74) is 1.40. The quantitative estimate of drug-likeness (QED) is 0.459. The van der Waals surface area contributed by atoms with E-state index in [1.54, 1.807) is 24.3 Å². The molecule has 4 rings (SSSR count). The lowest BCUT2D eigenvalue weighted by Gasteiger charge is -2.11. The van der Waals surface area contributed by atoms with Crippen LogP contribution in [0.1, 0.15) is 12.0 Å². The molecule has 1 aliphatic rings. The molecule has 0 unspecified atom stereocenters. The van der Waals surface area contributed by atoms with Crippen LogP contribution in [0.3, 0.4) is 0 Å². The molecular formula is C23H19ClF4N4O3. The van der Waals surface area contributed by atoms with Gasteiger partial charge in [-0.2, -0.15) is 13.2 Å². The first-order valence-electron chi connectivity index (χ1n) is 10.5. The van der Waals surface area contributed by atoms with Crippen molar-refractivity contribution in [3.63, 3.8) is 0 Å². The maximum absolute atomic E-state index is 14.4. The summed E-state index contributed by atoms with van der Waals surface area (Å²) in [7, 11) is 0. The van der Waals surface area contributed by atoms with Crippen LogP contribution in [-0.2, 0) is 20.9 Å². The Bertz CT molecular complexity index is 1240. The zero-order valence-corrected chi connectivity index (χ0v) is 18.8. The van der Waals surface area contributed by atoms with Gasteiger partial charge < -0.3 is 15.4 Å². The van der Waals surface area contributed by atoms with Crippen molar-refractivity contribution < 1.29 is 31.9 Å². The second-order valence-electron chi connectivity index (χ2n) is 7.95. The molecule has 3 aromatic rings. The number of ether oxygens (including phenoxy) is 1. The molecule has 1 saturated heterocycles. The van der Waals surface area contributed by atoms with E-state index in [0.717, 1.165) is 6.07 Å². The van der Waals surface area contributed by atoms with E-state index in [-0.39, 0.29) is 30.3 Å². The molecule has 184 valence electrons. The van der Waals surface area contributed by atoms with E-state index >= 15 is 0 Å². The van der Waals surface area contributed by atoms with Crippen molar-refractivity contribution in [1.29, 1.82) is 0 Å². The Balaban J connectivity index is 1.66. The third kappa shape index (κ3) is 6.37. The van der Waals surface area contributed by atoms with Crippen LogP contribution in [-0.4, -0.2) is 40.9 Å². The summed E-state index contributed by atoms with van der Waals surface area (Å²) >= 11 is 5.97. The summed E-state index contributed by atoms with van der Waals surface area (Å²) in [5, 5.41) is 10.1. The van der Waals surface area contributed by atoms with Gasteiger partial charge in [0.2, 0.25) is 11.8 Å². The molecule has 35 heavy (non-hydrogen) atoms. The van der Waals surface area contributed by atoms with Crippen LogP contribution < -0.4 is 10.6 Å². The molecule has 1 aromatic heterocycles. The van der Waals surface area contributed by atoms with Gasteiger partial charge in [-0.15, -0.1) is 5.10 Å². The van der Waals surface area contributed by atoms with Crippen LogP contribution in [0.15, 0.2) is 48.5 Å². The van der Waals surface area contributed by atoms with Gasteiger partial charge in [-0.05, 0) is 48.0 Å². The van der Waals surface area contributed by atoms with Gasteiger partial charge in [-0.25, -0.2) is 9.07 Å². The lowest BCUT2D eigenvalue weighted by atomic mass is 10.1. The lowest BCUT2D eigenvalue weighted by Crippen LogP contribution is -2.24. The summed E-state index contributed by atoms with van der Waals surface area (Å²) in [5.74, 6) is -1.72. The highest BCUT2D eigenvalue weighted by Crippen LogP contribution is 2.29. The van der Waals surface area contributed by atoms with Gasteiger partial charge in [-0.1, -0.05) is 11.6 Å². The molecule has 0 spiro atoms. The van der Waals surface area contributed by atoms with Crippen molar-refractivity contribution in [2.75, 3.05) is 18.5 Å². The van der Waals surface area contributed by atoms with Crippen molar-refractivity contribution >= 4 is 29.2 Å². The zero-order chi connectivity index (χ0) is 25.2. The van der Waals surface area contributed by atoms with Crippen LogP contribution in [0.5, 0.6) is 0 Å². The highest BCUT2D eigenvalue weighted by atomic mass is 35.5. The van der Waals surface area contributed by atoms with E-state index in [9.17, 15) is 27.2 Å². The minimum Gasteiger partial charge on any atom is -0.367 e. The summed E-state index contributed by atoms with van der Waals surface area (Å²) in [6, 6.07) is 11.8. The Labute approximate surface area is 202 Å². The Hall–Kier alpha value is -3.44. The maximum Gasteiger partial charge on any atom is 0.411 e. The largest absolute Gasteiger partial charge is 0.411 e. The fourth-order valence-corrected chi connectivity index (χ4v) is 3.74. The fraction of sp³-hybridized carbons (Fsp3) is 0.261. The third-order valence-corrected chi connectivity index (χ3v) is 5.42. The monoisotopic (exact) mass is 510 g/mol. The number of aromatic nitrogens is 2. The molecule has 7 nitrogen and oxygen atoms in total. The molecule has 2 amide bonds. The average molecular weight is 511 g/mol. The minimum atomic E-state index is -4.50. The first-order valence-corrected chi connectivity index (χ1v) is 10.8. The molecule has 2 heterocycles. The van der Waals surface area contributed by atoms with Crippen molar-refractivity contribution in [3.8, 4) is 16.9 Å². The highest BCUT2D eigenvalue weighted by molar-refractivity contribution is 6.30. The van der Waals surface area contributed by atoms with Gasteiger partial charge in [0.1, 0.15) is 12.4 Å². The van der Waals surface area contributed by atoms with Gasteiger partial charge in [-0.3, -0.25) is 9.59 Å². The van der Waals surface area contributed by atoms with E-state index in [2.05, 4.69) is 20.5 Å². The molecule has 2 N–H and O–H groups in total. The number of amides is 2. The number of anilines is 1. The predicted molar refractivity (Wildman–Crippen MR) is 119 cm³/mol. The number of halogens is 5. The predicted octanol–water partition coefficient (Wildman–Crippen LogP) is 4.49. The van der Waals surface area contributed by atoms with E-state index < -0.39 is 37.0 Å². The van der Waals surface area contributed by atoms with Crippen LogP contribution in [0.4, 0.5) is 23.4 Å². The third-order valence-electron chi connectivity index (χ3n) is 5.17. The number of alkyl halides is 3. The van der Waals surface area contributed by atoms with Gasteiger partial charge in [0.15, 0.2) is 5.82 Å².